The van der Waals surface area contributed by atoms with Crippen molar-refractivity contribution in [1.29, 1.82) is 0 Å². The average Bonchev–Trinajstić information content (AvgIpc) is 1.67. The number of aromatic nitrogens is 1. The maximum Gasteiger partial charge on any atom is 0.305 e. The van der Waals surface area contributed by atoms with Crippen molar-refractivity contribution in [2.24, 2.45) is 85.8 Å². The van der Waals surface area contributed by atoms with Crippen molar-refractivity contribution in [3.63, 3.8) is 0 Å². The molecular weight excluding hydrogens is 1390 g/mol. The van der Waals surface area contributed by atoms with Crippen LogP contribution in [0.4, 0.5) is 0 Å². The Balaban J connectivity index is 0.000000769. The number of para-hydroxylation sites is 1. The summed E-state index contributed by atoms with van der Waals surface area (Å²) in [5, 5.41) is 24.1. The van der Waals surface area contributed by atoms with Crippen LogP contribution in [-0.4, -0.2) is 149 Å². The summed E-state index contributed by atoms with van der Waals surface area (Å²) in [6.07, 6.45) is 23.4. The summed E-state index contributed by atoms with van der Waals surface area (Å²) in [4.78, 5) is 158. The number of hydrogen-bond acceptors (Lipinski definition) is 15. The number of nitrogens with one attached hydrogen (secondary N) is 6. The quantitative estimate of drug-likeness (QED) is 0.0142. The number of aromatic amines is 1. The summed E-state index contributed by atoms with van der Waals surface area (Å²) >= 11 is 1.53. The van der Waals surface area contributed by atoms with Crippen LogP contribution in [-0.2, 0) is 65.6 Å². The smallest absolute Gasteiger partial charge is 0.305 e. The van der Waals surface area contributed by atoms with Gasteiger partial charge in [0.1, 0.15) is 11.8 Å². The van der Waals surface area contributed by atoms with Crippen molar-refractivity contribution in [2.45, 2.75) is 265 Å². The molecule has 1 heterocycles. The zero-order valence-electron chi connectivity index (χ0n) is 66.1. The first-order valence-electron chi connectivity index (χ1n) is 39.5. The number of aliphatic imine (C=N–C) groups is 2. The lowest BCUT2D eigenvalue weighted by Crippen LogP contribution is -2.52. The maximum absolute atomic E-state index is 14.6. The molecule has 2 aromatic carbocycles. The third kappa shape index (κ3) is 40.8. The van der Waals surface area contributed by atoms with Gasteiger partial charge in [-0.05, 0) is 112 Å². The first-order valence-corrected chi connectivity index (χ1v) is 40.9. The Morgan fingerprint density at radius 3 is 1.58 bits per heavy atom. The van der Waals surface area contributed by atoms with Crippen LogP contribution in [0.1, 0.15) is 239 Å². The molecule has 27 heteroatoms. The lowest BCUT2D eigenvalue weighted by atomic mass is 9.84. The van der Waals surface area contributed by atoms with E-state index in [9.17, 15) is 57.8 Å². The Bertz CT molecular complexity index is 3250. The topological polar surface area (TPSA) is 465 Å². The molecule has 0 bridgehead atoms. The number of fused-ring (bicyclic) bond motifs is 1. The molecule has 10 atom stereocenters. The highest BCUT2D eigenvalue weighted by molar-refractivity contribution is 7.98. The molecule has 1 aromatic heterocycles. The predicted molar refractivity (Wildman–Crippen MR) is 432 cm³/mol. The number of rotatable bonds is 60. The van der Waals surface area contributed by atoms with E-state index in [4.69, 9.17) is 34.4 Å². The van der Waals surface area contributed by atoms with Gasteiger partial charge in [0, 0.05) is 105 Å². The van der Waals surface area contributed by atoms with Gasteiger partial charge in [-0.1, -0.05) is 180 Å². The van der Waals surface area contributed by atoms with Gasteiger partial charge in [0.25, 0.3) is 0 Å². The number of nitrogens with two attached hydrogens (primary N) is 6. The highest BCUT2D eigenvalue weighted by Gasteiger charge is 2.36. The maximum atomic E-state index is 14.6. The Labute approximate surface area is 646 Å². The summed E-state index contributed by atoms with van der Waals surface area (Å²) in [5.74, 6) is -7.87. The number of guanidine groups is 2. The lowest BCUT2D eigenvalue weighted by Gasteiger charge is -2.26. The van der Waals surface area contributed by atoms with E-state index >= 15 is 0 Å². The Morgan fingerprint density at radius 2 is 1.04 bits per heavy atom. The lowest BCUT2D eigenvalue weighted by molar-refractivity contribution is -0.141. The minimum atomic E-state index is -1.34. The molecule has 0 unspecified atom stereocenters. The fourth-order valence-electron chi connectivity index (χ4n) is 13.2. The molecule has 6 amide bonds. The minimum Gasteiger partial charge on any atom is -0.481 e. The number of hydrogen-bond donors (Lipinski definition) is 13. The van der Waals surface area contributed by atoms with E-state index in [1.54, 1.807) is 0 Å². The standard InChI is InChI=1S/C47H70N8O6S.C34H64N6O6/c1-5-30(2)37(44(49)59)28-43(58)39(24-32-15-7-6-8-16-32)54-46(61)34(20-23-62-4)27-42(57)40(25-35-29-53-38-19-10-9-18-36(35)38)55-45(60)33(17-11-12-21-48)26-41(56)31(3)14-13-22-52-47(50)51;1-5-6-7-8-9-10-11-12-13-14-15-16-17-20-30(42)39-28(24-31(43)44)33(46)40-27(19-18-21-38-34(35)36)29(41)23-26(22-25(2)3)32(45)37-4/h6-10,15-16,18-19,29-31,33-34,37,39-40,53H,5,11-14,17,20-28,48H2,1-4H3,(H2,49,59)(H,54,61)(H,55,60)(H4,50,51,52);25-28H,5-24H2,1-4H3,(H,37,45)(H,39,42)(H,40,46)(H,43,44)(H4,35,36,38)/t30-,31-,33+,34+,37-,39-,40-;26-,27+,28+/m01/s1. The van der Waals surface area contributed by atoms with E-state index in [-0.39, 0.29) is 117 Å². The summed E-state index contributed by atoms with van der Waals surface area (Å²) in [7, 11) is 1.51. The van der Waals surface area contributed by atoms with Gasteiger partial charge in [-0.3, -0.25) is 62.7 Å². The minimum absolute atomic E-state index is 0.00288. The zero-order chi connectivity index (χ0) is 80.3. The number of ketones is 4. The summed E-state index contributed by atoms with van der Waals surface area (Å²) < 4.78 is 0. The van der Waals surface area contributed by atoms with Gasteiger partial charge in [-0.25, -0.2) is 0 Å². The zero-order valence-corrected chi connectivity index (χ0v) is 66.9. The molecule has 0 saturated carbocycles. The Morgan fingerprint density at radius 1 is 0.519 bits per heavy atom. The molecular formula is C81H134N14O12S. The molecule has 0 saturated heterocycles. The molecule has 0 aliphatic rings. The van der Waals surface area contributed by atoms with Crippen molar-refractivity contribution in [3.8, 4) is 0 Å². The third-order valence-corrected chi connectivity index (χ3v) is 20.5. The van der Waals surface area contributed by atoms with E-state index < -0.39 is 89.8 Å². The molecule has 3 aromatic rings. The van der Waals surface area contributed by atoms with Crippen LogP contribution in [0.2, 0.25) is 0 Å². The van der Waals surface area contributed by atoms with Gasteiger partial charge in [-0.2, -0.15) is 11.8 Å². The number of nitrogens with zero attached hydrogens (tertiary/aromatic N) is 2. The van der Waals surface area contributed by atoms with Crippen LogP contribution < -0.4 is 61.0 Å². The second kappa shape index (κ2) is 56.1. The Hall–Kier alpha value is -8.20. The highest BCUT2D eigenvalue weighted by atomic mass is 32.2. The predicted octanol–water partition coefficient (Wildman–Crippen LogP) is 9.09. The average molecular weight is 1530 g/mol. The van der Waals surface area contributed by atoms with Crippen LogP contribution in [0.3, 0.4) is 0 Å². The molecule has 0 spiro atoms. The van der Waals surface area contributed by atoms with Gasteiger partial charge in [0.15, 0.2) is 29.3 Å². The number of aliphatic carboxylic acids is 1. The molecule has 19 N–H and O–H groups in total. The monoisotopic (exact) mass is 1530 g/mol. The second-order valence-electron chi connectivity index (χ2n) is 29.4. The number of carboxylic acid groups (broad SMARTS) is 1. The van der Waals surface area contributed by atoms with E-state index in [1.165, 1.54) is 76.6 Å². The van der Waals surface area contributed by atoms with Gasteiger partial charge in [0.05, 0.1) is 24.5 Å². The molecule has 0 aliphatic carbocycles. The van der Waals surface area contributed by atoms with Crippen LogP contribution >= 0.6 is 11.8 Å². The van der Waals surface area contributed by atoms with Crippen LogP contribution in [0.5, 0.6) is 0 Å². The normalized spacial score (nSPS) is 14.0. The number of benzene rings is 2. The van der Waals surface area contributed by atoms with Gasteiger partial charge in [-0.15, -0.1) is 0 Å². The third-order valence-electron chi connectivity index (χ3n) is 19.9. The summed E-state index contributed by atoms with van der Waals surface area (Å²) in [6, 6.07) is 12.6. The van der Waals surface area contributed by atoms with Crippen molar-refractivity contribution in [2.75, 3.05) is 38.7 Å². The first kappa shape index (κ1) is 95.9. The molecule has 108 heavy (non-hydrogen) atoms. The fraction of sp³-hybridized carbons (Fsp3) is 0.667. The van der Waals surface area contributed by atoms with E-state index in [0.29, 0.717) is 83.1 Å². The van der Waals surface area contributed by atoms with Gasteiger partial charge in [0.2, 0.25) is 35.4 Å². The number of thioether (sulfide) groups is 1. The van der Waals surface area contributed by atoms with Crippen molar-refractivity contribution in [3.05, 3.63) is 71.9 Å². The molecule has 26 nitrogen and oxygen atoms in total. The van der Waals surface area contributed by atoms with E-state index in [0.717, 1.165) is 41.3 Å². The molecule has 0 fully saturated rings. The second-order valence-corrected chi connectivity index (χ2v) is 30.4. The number of primary amides is 1. The first-order chi connectivity index (χ1) is 51.6. The molecule has 606 valence electrons. The van der Waals surface area contributed by atoms with E-state index in [1.807, 2.05) is 102 Å². The highest BCUT2D eigenvalue weighted by Crippen LogP contribution is 2.27. The summed E-state index contributed by atoms with van der Waals surface area (Å²) in [5.41, 5.74) is 35.7. The molecule has 0 radical (unpaired) electrons. The number of carbonyl (C=O) groups excluding carboxylic acids is 10. The van der Waals surface area contributed by atoms with Crippen LogP contribution in [0, 0.1) is 41.4 Å². The molecule has 0 aliphatic heterocycles. The number of H-pyrrole nitrogens is 1. The SMILES string of the molecule is CCCCCCCCCCCCCCCC(=O)N[C@@H](CC(=O)O)C(=O)N[C@@H](CCCN=C(N)N)C(=O)C[C@@H](CC(C)C)C(=O)NC.CC[C@H](C)[C@H](CC(=O)[C@H](Cc1ccccc1)NC(=O)[C@H](CCSC)CC(=O)[C@H](Cc1c[nH]c2ccccc12)NC(=O)[C@H](CCCCN)CC(=O)[C@@H](C)CCCN=C(N)N)C(N)=O. The van der Waals surface area contributed by atoms with Crippen LogP contribution in [0.25, 0.3) is 10.9 Å². The van der Waals surface area contributed by atoms with E-state index in [2.05, 4.69) is 48.5 Å². The largest absolute Gasteiger partial charge is 0.481 e. The van der Waals surface area contributed by atoms with Gasteiger partial charge < -0.3 is 71.1 Å². The van der Waals surface area contributed by atoms with Crippen molar-refractivity contribution >= 4 is 99.1 Å². The Kier molecular flexibility index (Phi) is 49.8. The molecule has 3 rings (SSSR count). The van der Waals surface area contributed by atoms with Gasteiger partial charge >= 0.3 is 5.97 Å². The number of amides is 6. The number of Topliss-reactive ketones (excluding diaryl/α,β-unsaturated/α-hetero) is 4. The van der Waals surface area contributed by atoms with Crippen LogP contribution in [0.15, 0.2) is 70.8 Å². The number of carbonyl (C=O) groups is 11. The van der Waals surface area contributed by atoms with Crippen molar-refractivity contribution < 1.29 is 57.8 Å². The number of carboxylic acids is 1. The fourth-order valence-corrected chi connectivity index (χ4v) is 13.7. The van der Waals surface area contributed by atoms with Crippen molar-refractivity contribution in [1.82, 2.24) is 31.6 Å². The summed E-state index contributed by atoms with van der Waals surface area (Å²) in [6.45, 7) is 12.8. The number of unbranched alkanes of at least 4 members (excludes halogenated alkanes) is 13.